The summed E-state index contributed by atoms with van der Waals surface area (Å²) >= 11 is 3.57. The van der Waals surface area contributed by atoms with Gasteiger partial charge in [0.05, 0.1) is 15.9 Å². The molecule has 0 atom stereocenters. The lowest BCUT2D eigenvalue weighted by atomic mass is 10.1. The van der Waals surface area contributed by atoms with E-state index in [2.05, 4.69) is 26.3 Å². The van der Waals surface area contributed by atoms with Crippen LogP contribution < -0.4 is 5.32 Å². The van der Waals surface area contributed by atoms with Gasteiger partial charge < -0.3 is 5.32 Å². The number of aryl methyl sites for hydroxylation is 2. The molecule has 0 bridgehead atoms. The molecular weight excluding hydrogens is 297 g/mol. The van der Waals surface area contributed by atoms with Crippen molar-refractivity contribution >= 4 is 15.9 Å². The Labute approximate surface area is 114 Å². The van der Waals surface area contributed by atoms with Crippen LogP contribution in [0.1, 0.15) is 11.3 Å². The molecule has 0 spiro atoms. The van der Waals surface area contributed by atoms with Gasteiger partial charge in [-0.15, -0.1) is 0 Å². The van der Waals surface area contributed by atoms with Gasteiger partial charge in [-0.3, -0.25) is 4.68 Å². The second-order valence-corrected chi connectivity index (χ2v) is 5.02. The van der Waals surface area contributed by atoms with Crippen LogP contribution in [0.25, 0.3) is 11.3 Å². The Morgan fingerprint density at radius 1 is 1.44 bits per heavy atom. The summed E-state index contributed by atoms with van der Waals surface area (Å²) in [7, 11) is 3.76. The summed E-state index contributed by atoms with van der Waals surface area (Å²) in [6.45, 7) is 2.45. The molecule has 0 aliphatic rings. The van der Waals surface area contributed by atoms with Gasteiger partial charge in [0.2, 0.25) is 0 Å². The molecule has 1 heterocycles. The fourth-order valence-electron chi connectivity index (χ4n) is 1.94. The maximum atomic E-state index is 13.3. The summed E-state index contributed by atoms with van der Waals surface area (Å²) < 4.78 is 16.1. The van der Waals surface area contributed by atoms with Crippen LogP contribution >= 0.6 is 15.9 Å². The molecule has 96 valence electrons. The summed E-state index contributed by atoms with van der Waals surface area (Å²) in [5.74, 6) is -0.188. The highest BCUT2D eigenvalue weighted by Crippen LogP contribution is 2.31. The predicted molar refractivity (Wildman–Crippen MR) is 73.8 cm³/mol. The largest absolute Gasteiger partial charge is 0.314 e. The fraction of sp³-hybridized carbons (Fsp3) is 0.308. The van der Waals surface area contributed by atoms with E-state index < -0.39 is 0 Å². The number of rotatable bonds is 3. The third kappa shape index (κ3) is 2.33. The van der Waals surface area contributed by atoms with E-state index in [1.54, 1.807) is 13.0 Å². The van der Waals surface area contributed by atoms with Crippen LogP contribution in [0, 0.1) is 12.7 Å². The van der Waals surface area contributed by atoms with Crippen molar-refractivity contribution in [2.75, 3.05) is 7.05 Å². The lowest BCUT2D eigenvalue weighted by Gasteiger charge is -2.05. The van der Waals surface area contributed by atoms with E-state index in [-0.39, 0.29) is 5.82 Å². The van der Waals surface area contributed by atoms with Gasteiger partial charge >= 0.3 is 0 Å². The average Bonchev–Trinajstić information content (AvgIpc) is 2.59. The molecule has 0 amide bonds. The van der Waals surface area contributed by atoms with E-state index in [4.69, 9.17) is 0 Å². The molecule has 18 heavy (non-hydrogen) atoms. The van der Waals surface area contributed by atoms with Crippen LogP contribution in [0.4, 0.5) is 4.39 Å². The zero-order valence-electron chi connectivity index (χ0n) is 10.6. The van der Waals surface area contributed by atoms with Gasteiger partial charge in [-0.25, -0.2) is 4.39 Å². The molecule has 1 aromatic carbocycles. The van der Waals surface area contributed by atoms with Crippen molar-refractivity contribution in [3.8, 4) is 11.3 Å². The van der Waals surface area contributed by atoms with E-state index in [0.29, 0.717) is 12.1 Å². The average molecular weight is 312 g/mol. The number of aromatic nitrogens is 2. The highest BCUT2D eigenvalue weighted by Gasteiger charge is 2.15. The van der Waals surface area contributed by atoms with E-state index in [1.165, 1.54) is 6.07 Å². The third-order valence-electron chi connectivity index (χ3n) is 2.83. The molecule has 2 aromatic rings. The highest BCUT2D eigenvalue weighted by molar-refractivity contribution is 9.10. The Balaban J connectivity index is 2.53. The van der Waals surface area contributed by atoms with Crippen molar-refractivity contribution in [2.24, 2.45) is 7.05 Å². The van der Waals surface area contributed by atoms with Crippen molar-refractivity contribution in [2.45, 2.75) is 13.5 Å². The Bertz CT molecular complexity index is 578. The minimum Gasteiger partial charge on any atom is -0.314 e. The molecule has 5 heteroatoms. The molecule has 1 N–H and O–H groups in total. The van der Waals surface area contributed by atoms with Crippen LogP contribution in [0.2, 0.25) is 0 Å². The monoisotopic (exact) mass is 311 g/mol. The van der Waals surface area contributed by atoms with Gasteiger partial charge in [0.1, 0.15) is 5.82 Å². The predicted octanol–water partition coefficient (Wildman–Crippen LogP) is 3.02. The molecule has 0 aliphatic carbocycles. The maximum Gasteiger partial charge on any atom is 0.126 e. The fourth-order valence-corrected chi connectivity index (χ4v) is 2.64. The molecule has 0 radical (unpaired) electrons. The maximum absolute atomic E-state index is 13.3. The first-order valence-electron chi connectivity index (χ1n) is 5.67. The summed E-state index contributed by atoms with van der Waals surface area (Å²) in [6.07, 6.45) is 0. The van der Waals surface area contributed by atoms with E-state index in [0.717, 1.165) is 21.4 Å². The normalized spacial score (nSPS) is 10.9. The van der Waals surface area contributed by atoms with Gasteiger partial charge in [-0.2, -0.15) is 5.10 Å². The molecule has 0 aliphatic heterocycles. The Kier molecular flexibility index (Phi) is 3.82. The van der Waals surface area contributed by atoms with Crippen LogP contribution in [-0.4, -0.2) is 16.8 Å². The van der Waals surface area contributed by atoms with Gasteiger partial charge in [0.15, 0.2) is 0 Å². The minimum absolute atomic E-state index is 0.188. The van der Waals surface area contributed by atoms with Crippen LogP contribution in [-0.2, 0) is 13.6 Å². The number of hydrogen-bond donors (Lipinski definition) is 1. The molecule has 2 rings (SSSR count). The zero-order valence-corrected chi connectivity index (χ0v) is 12.2. The summed E-state index contributed by atoms with van der Waals surface area (Å²) in [5.41, 5.74) is 3.49. The zero-order chi connectivity index (χ0) is 13.3. The second-order valence-electron chi connectivity index (χ2n) is 4.23. The van der Waals surface area contributed by atoms with Gasteiger partial charge in [0.25, 0.3) is 0 Å². The lowest BCUT2D eigenvalue weighted by Crippen LogP contribution is -2.06. The Morgan fingerprint density at radius 2 is 2.17 bits per heavy atom. The number of nitrogens with zero attached hydrogens (tertiary/aromatic N) is 2. The van der Waals surface area contributed by atoms with Crippen LogP contribution in [0.3, 0.4) is 0 Å². The standard InChI is InChI=1S/C13H15BrFN3/c1-8-6-9(4-5-10(8)15)13-12(14)11(7-16-2)17-18(13)3/h4-6,16H,7H2,1-3H3. The second kappa shape index (κ2) is 5.20. The summed E-state index contributed by atoms with van der Waals surface area (Å²) in [6, 6.07) is 5.09. The summed E-state index contributed by atoms with van der Waals surface area (Å²) in [5, 5.41) is 7.51. The first-order chi connectivity index (χ1) is 8.54. The quantitative estimate of drug-likeness (QED) is 0.944. The molecule has 0 saturated heterocycles. The van der Waals surface area contributed by atoms with Crippen molar-refractivity contribution in [1.29, 1.82) is 0 Å². The highest BCUT2D eigenvalue weighted by atomic mass is 79.9. The first kappa shape index (κ1) is 13.2. The third-order valence-corrected chi connectivity index (χ3v) is 3.66. The molecule has 3 nitrogen and oxygen atoms in total. The van der Waals surface area contributed by atoms with Gasteiger partial charge in [0, 0.05) is 19.2 Å². The number of halogens is 2. The molecule has 1 aromatic heterocycles. The van der Waals surface area contributed by atoms with Crippen molar-refractivity contribution in [3.63, 3.8) is 0 Å². The van der Waals surface area contributed by atoms with Gasteiger partial charge in [-0.05, 0) is 53.7 Å². The molecular formula is C13H15BrFN3. The van der Waals surface area contributed by atoms with Crippen molar-refractivity contribution < 1.29 is 4.39 Å². The molecule has 0 saturated carbocycles. The smallest absolute Gasteiger partial charge is 0.126 e. The first-order valence-corrected chi connectivity index (χ1v) is 6.46. The van der Waals surface area contributed by atoms with Gasteiger partial charge in [-0.1, -0.05) is 0 Å². The molecule has 0 fully saturated rings. The number of benzene rings is 1. The lowest BCUT2D eigenvalue weighted by molar-refractivity contribution is 0.618. The van der Waals surface area contributed by atoms with Crippen LogP contribution in [0.15, 0.2) is 22.7 Å². The SMILES string of the molecule is CNCc1nn(C)c(-c2ccc(F)c(C)c2)c1Br. The number of nitrogens with one attached hydrogen (secondary N) is 1. The topological polar surface area (TPSA) is 29.9 Å². The van der Waals surface area contributed by atoms with Crippen molar-refractivity contribution in [3.05, 3.63) is 39.7 Å². The van der Waals surface area contributed by atoms with Crippen LogP contribution in [0.5, 0.6) is 0 Å². The Hall–Kier alpha value is -1.20. The van der Waals surface area contributed by atoms with E-state index in [1.807, 2.05) is 24.8 Å². The van der Waals surface area contributed by atoms with E-state index >= 15 is 0 Å². The molecule has 0 unspecified atom stereocenters. The van der Waals surface area contributed by atoms with E-state index in [9.17, 15) is 4.39 Å². The van der Waals surface area contributed by atoms with Crippen molar-refractivity contribution in [1.82, 2.24) is 15.1 Å². The minimum atomic E-state index is -0.188. The summed E-state index contributed by atoms with van der Waals surface area (Å²) in [4.78, 5) is 0. The Morgan fingerprint density at radius 3 is 2.78 bits per heavy atom. The number of hydrogen-bond acceptors (Lipinski definition) is 2.